The van der Waals surface area contributed by atoms with Gasteiger partial charge in [0.05, 0.1) is 6.42 Å². The summed E-state index contributed by atoms with van der Waals surface area (Å²) < 4.78 is 0. The third-order valence-corrected chi connectivity index (χ3v) is 4.21. The first-order chi connectivity index (χ1) is 9.56. The zero-order valence-electron chi connectivity index (χ0n) is 12.2. The van der Waals surface area contributed by atoms with Crippen LogP contribution in [-0.2, 0) is 4.79 Å². The standard InChI is InChI=1S/C14H25N3O3/c1-11(9-13(18)19)15-14(20)17-8-5-12(10-17)16-6-3-2-4-7-16/h11-12H,2-10H2,1H3,(H,15,20)(H,18,19). The van der Waals surface area contributed by atoms with Gasteiger partial charge in [0.2, 0.25) is 0 Å². The maximum atomic E-state index is 12.1. The molecule has 0 aromatic rings. The molecule has 2 aliphatic heterocycles. The third-order valence-electron chi connectivity index (χ3n) is 4.21. The molecule has 2 aliphatic rings. The monoisotopic (exact) mass is 283 g/mol. The Labute approximate surface area is 120 Å². The second-order valence-electron chi connectivity index (χ2n) is 5.93. The molecule has 0 spiro atoms. The Kier molecular flexibility index (Phi) is 5.23. The summed E-state index contributed by atoms with van der Waals surface area (Å²) in [5.41, 5.74) is 0. The molecule has 114 valence electrons. The van der Waals surface area contributed by atoms with E-state index in [0.29, 0.717) is 6.04 Å². The van der Waals surface area contributed by atoms with Crippen molar-refractivity contribution in [2.45, 2.75) is 51.1 Å². The van der Waals surface area contributed by atoms with Crippen molar-refractivity contribution in [2.24, 2.45) is 0 Å². The molecule has 0 radical (unpaired) electrons. The number of rotatable bonds is 4. The summed E-state index contributed by atoms with van der Waals surface area (Å²) >= 11 is 0. The van der Waals surface area contributed by atoms with Gasteiger partial charge in [-0.25, -0.2) is 4.79 Å². The highest BCUT2D eigenvalue weighted by Gasteiger charge is 2.31. The van der Waals surface area contributed by atoms with E-state index in [0.717, 1.165) is 32.6 Å². The number of amides is 2. The van der Waals surface area contributed by atoms with Gasteiger partial charge in [0.1, 0.15) is 0 Å². The van der Waals surface area contributed by atoms with Gasteiger partial charge in [-0.2, -0.15) is 0 Å². The van der Waals surface area contributed by atoms with Crippen molar-refractivity contribution >= 4 is 12.0 Å². The summed E-state index contributed by atoms with van der Waals surface area (Å²) in [5.74, 6) is -0.884. The number of carbonyl (C=O) groups is 2. The number of carboxylic acid groups (broad SMARTS) is 1. The van der Waals surface area contributed by atoms with Crippen molar-refractivity contribution in [2.75, 3.05) is 26.2 Å². The van der Waals surface area contributed by atoms with Gasteiger partial charge in [0.15, 0.2) is 0 Å². The first kappa shape index (κ1) is 15.1. The maximum absolute atomic E-state index is 12.1. The predicted octanol–water partition coefficient (Wildman–Crippen LogP) is 1.12. The van der Waals surface area contributed by atoms with E-state index in [-0.39, 0.29) is 18.5 Å². The van der Waals surface area contributed by atoms with Crippen LogP contribution in [0.1, 0.15) is 39.0 Å². The topological polar surface area (TPSA) is 72.9 Å². The summed E-state index contributed by atoms with van der Waals surface area (Å²) in [4.78, 5) is 27.0. The van der Waals surface area contributed by atoms with Crippen molar-refractivity contribution < 1.29 is 14.7 Å². The lowest BCUT2D eigenvalue weighted by Gasteiger charge is -2.32. The lowest BCUT2D eigenvalue weighted by Crippen LogP contribution is -2.46. The van der Waals surface area contributed by atoms with Crippen molar-refractivity contribution in [1.82, 2.24) is 15.1 Å². The summed E-state index contributed by atoms with van der Waals surface area (Å²) in [5, 5.41) is 11.5. The van der Waals surface area contributed by atoms with E-state index >= 15 is 0 Å². The van der Waals surface area contributed by atoms with E-state index in [1.807, 2.05) is 4.90 Å². The van der Waals surface area contributed by atoms with E-state index in [9.17, 15) is 9.59 Å². The number of likely N-dealkylation sites (tertiary alicyclic amines) is 2. The van der Waals surface area contributed by atoms with Crippen LogP contribution in [-0.4, -0.2) is 65.2 Å². The number of carboxylic acids is 1. The Morgan fingerprint density at radius 1 is 1.25 bits per heavy atom. The molecule has 0 aliphatic carbocycles. The van der Waals surface area contributed by atoms with Gasteiger partial charge in [-0.05, 0) is 39.3 Å². The number of nitrogens with one attached hydrogen (secondary N) is 1. The molecule has 2 N–H and O–H groups in total. The average molecular weight is 283 g/mol. The van der Waals surface area contributed by atoms with E-state index in [1.54, 1.807) is 6.92 Å². The lowest BCUT2D eigenvalue weighted by atomic mass is 10.1. The molecule has 6 heteroatoms. The molecule has 2 amide bonds. The van der Waals surface area contributed by atoms with E-state index < -0.39 is 5.97 Å². The van der Waals surface area contributed by atoms with Crippen molar-refractivity contribution in [3.05, 3.63) is 0 Å². The van der Waals surface area contributed by atoms with Crippen LogP contribution in [0.5, 0.6) is 0 Å². The smallest absolute Gasteiger partial charge is 0.317 e. The molecular formula is C14H25N3O3. The molecule has 2 saturated heterocycles. The minimum absolute atomic E-state index is 0.0326. The van der Waals surface area contributed by atoms with Crippen LogP contribution in [0.3, 0.4) is 0 Å². The fraction of sp³-hybridized carbons (Fsp3) is 0.857. The van der Waals surface area contributed by atoms with E-state index in [2.05, 4.69) is 10.2 Å². The van der Waals surface area contributed by atoms with E-state index in [4.69, 9.17) is 5.11 Å². The number of aliphatic carboxylic acids is 1. The van der Waals surface area contributed by atoms with Gasteiger partial charge in [0.25, 0.3) is 0 Å². The quantitative estimate of drug-likeness (QED) is 0.811. The van der Waals surface area contributed by atoms with Gasteiger partial charge in [0, 0.05) is 25.2 Å². The number of carbonyl (C=O) groups excluding carboxylic acids is 1. The molecule has 0 saturated carbocycles. The minimum atomic E-state index is -0.884. The predicted molar refractivity (Wildman–Crippen MR) is 75.6 cm³/mol. The Bertz CT molecular complexity index is 356. The van der Waals surface area contributed by atoms with Crippen LogP contribution in [0.15, 0.2) is 0 Å². The molecule has 2 atom stereocenters. The Morgan fingerprint density at radius 2 is 1.95 bits per heavy atom. The zero-order chi connectivity index (χ0) is 14.5. The average Bonchev–Trinajstić information content (AvgIpc) is 2.88. The normalized spacial score (nSPS) is 25.4. The molecule has 0 bridgehead atoms. The zero-order valence-corrected chi connectivity index (χ0v) is 12.2. The van der Waals surface area contributed by atoms with Gasteiger partial charge in [-0.3, -0.25) is 9.69 Å². The maximum Gasteiger partial charge on any atom is 0.317 e. The van der Waals surface area contributed by atoms with Crippen LogP contribution in [0.25, 0.3) is 0 Å². The Hall–Kier alpha value is -1.30. The summed E-state index contributed by atoms with van der Waals surface area (Å²) in [7, 11) is 0. The first-order valence-corrected chi connectivity index (χ1v) is 7.57. The highest BCUT2D eigenvalue weighted by atomic mass is 16.4. The second-order valence-corrected chi connectivity index (χ2v) is 5.93. The number of hydrogen-bond acceptors (Lipinski definition) is 3. The fourth-order valence-electron chi connectivity index (χ4n) is 3.12. The second kappa shape index (κ2) is 6.92. The minimum Gasteiger partial charge on any atom is -0.481 e. The molecule has 20 heavy (non-hydrogen) atoms. The highest BCUT2D eigenvalue weighted by molar-refractivity contribution is 5.76. The molecule has 0 aromatic carbocycles. The number of hydrogen-bond donors (Lipinski definition) is 2. The fourth-order valence-corrected chi connectivity index (χ4v) is 3.12. The number of urea groups is 1. The van der Waals surface area contributed by atoms with Gasteiger partial charge >= 0.3 is 12.0 Å². The SMILES string of the molecule is CC(CC(=O)O)NC(=O)N1CCC(N2CCCCC2)C1. The van der Waals surface area contributed by atoms with Crippen LogP contribution in [0.4, 0.5) is 4.79 Å². The largest absolute Gasteiger partial charge is 0.481 e. The van der Waals surface area contributed by atoms with Crippen LogP contribution < -0.4 is 5.32 Å². The third kappa shape index (κ3) is 4.10. The molecule has 2 fully saturated rings. The Morgan fingerprint density at radius 3 is 2.60 bits per heavy atom. The number of nitrogens with zero attached hydrogens (tertiary/aromatic N) is 2. The molecular weight excluding hydrogens is 258 g/mol. The number of piperidine rings is 1. The highest BCUT2D eigenvalue weighted by Crippen LogP contribution is 2.20. The molecule has 2 unspecified atom stereocenters. The molecule has 2 rings (SSSR count). The van der Waals surface area contributed by atoms with Crippen LogP contribution in [0.2, 0.25) is 0 Å². The molecule has 2 heterocycles. The molecule has 6 nitrogen and oxygen atoms in total. The summed E-state index contributed by atoms with van der Waals surface area (Å²) in [6.45, 7) is 5.56. The van der Waals surface area contributed by atoms with Gasteiger partial charge in [-0.1, -0.05) is 6.42 Å². The van der Waals surface area contributed by atoms with Gasteiger partial charge in [-0.15, -0.1) is 0 Å². The summed E-state index contributed by atoms with van der Waals surface area (Å²) in [6, 6.07) is 0.0307. The molecule has 0 aromatic heterocycles. The van der Waals surface area contributed by atoms with Crippen molar-refractivity contribution in [3.8, 4) is 0 Å². The van der Waals surface area contributed by atoms with Crippen molar-refractivity contribution in [3.63, 3.8) is 0 Å². The Balaban J connectivity index is 1.76. The van der Waals surface area contributed by atoms with Crippen LogP contribution in [0, 0.1) is 0 Å². The summed E-state index contributed by atoms with van der Waals surface area (Å²) in [6.07, 6.45) is 4.84. The first-order valence-electron chi connectivity index (χ1n) is 7.57. The van der Waals surface area contributed by atoms with Gasteiger partial charge < -0.3 is 15.3 Å². The lowest BCUT2D eigenvalue weighted by molar-refractivity contribution is -0.137. The van der Waals surface area contributed by atoms with E-state index in [1.165, 1.54) is 19.3 Å². The van der Waals surface area contributed by atoms with Crippen LogP contribution >= 0.6 is 0 Å². The van der Waals surface area contributed by atoms with Crippen molar-refractivity contribution in [1.29, 1.82) is 0 Å².